The highest BCUT2D eigenvalue weighted by Crippen LogP contribution is 2.33. The normalized spacial score (nSPS) is 45.8. The summed E-state index contributed by atoms with van der Waals surface area (Å²) >= 11 is 0. The van der Waals surface area contributed by atoms with Crippen LogP contribution >= 0.6 is 0 Å². The Morgan fingerprint density at radius 1 is 0.333 bits per heavy atom. The Hall–Kier alpha value is -0.499. The molecule has 0 N–H and O–H groups in total. The summed E-state index contributed by atoms with van der Waals surface area (Å²) in [7, 11) is -17.7. The smallest absolute Gasteiger partial charge is 0.344 e. The van der Waals surface area contributed by atoms with E-state index in [1.807, 2.05) is 39.3 Å². The Bertz CT molecular complexity index is 559. The topological polar surface area (TPSA) is 55.4 Å². The van der Waals surface area contributed by atoms with Gasteiger partial charge in [0, 0.05) is 0 Å². The molecule has 0 amide bonds. The zero-order valence-corrected chi connectivity index (χ0v) is 25.2. The van der Waals surface area contributed by atoms with Gasteiger partial charge in [-0.05, 0) is 39.3 Å². The molecular weight excluding hydrogens is 481 g/mol. The van der Waals surface area contributed by atoms with Gasteiger partial charge in [-0.2, -0.15) is 0 Å². The van der Waals surface area contributed by atoms with Crippen LogP contribution in [0, 0.1) is 0 Å². The van der Waals surface area contributed by atoms with Crippen LogP contribution in [0.1, 0.15) is 0 Å². The van der Waals surface area contributed by atoms with Gasteiger partial charge in [0.2, 0.25) is 0 Å². The molecule has 0 aromatic heterocycles. The highest BCUT2D eigenvalue weighted by Gasteiger charge is 2.54. The Labute approximate surface area is 188 Å². The highest BCUT2D eigenvalue weighted by molar-refractivity contribution is 6.98. The lowest BCUT2D eigenvalue weighted by Crippen LogP contribution is -2.65. The summed E-state index contributed by atoms with van der Waals surface area (Å²) in [6.45, 7) is 35.2. The fourth-order valence-corrected chi connectivity index (χ4v) is 29.6. The predicted molar refractivity (Wildman–Crippen MR) is 137 cm³/mol. The van der Waals surface area contributed by atoms with Crippen LogP contribution in [-0.4, -0.2) is 51.4 Å². The van der Waals surface area contributed by atoms with E-state index < -0.39 is 51.4 Å². The van der Waals surface area contributed by atoms with Crippen LogP contribution in [0.5, 0.6) is 0 Å². The number of hydrogen-bond acceptors (Lipinski definition) is 6. The average Bonchev–Trinajstić information content (AvgIpc) is 2.66. The van der Waals surface area contributed by atoms with Crippen molar-refractivity contribution in [1.29, 1.82) is 0 Å². The van der Waals surface area contributed by atoms with Gasteiger partial charge in [0.25, 0.3) is 0 Å². The molecular formula is C18H36O6Si6. The second-order valence-corrected chi connectivity index (χ2v) is 27.5. The molecule has 12 heteroatoms. The molecule has 0 aromatic rings. The van der Waals surface area contributed by atoms with E-state index in [4.69, 9.17) is 24.7 Å². The summed E-state index contributed by atoms with van der Waals surface area (Å²) in [6, 6.07) is 0. The average molecular weight is 517 g/mol. The predicted octanol–water partition coefficient (Wildman–Crippen LogP) is 4.88. The zero-order valence-electron chi connectivity index (χ0n) is 19.2. The molecule has 0 saturated carbocycles. The third kappa shape index (κ3) is 6.75. The molecule has 1 aliphatic heterocycles. The van der Waals surface area contributed by atoms with Gasteiger partial charge in [-0.25, -0.2) is 0 Å². The van der Waals surface area contributed by atoms with Gasteiger partial charge < -0.3 is 24.7 Å². The molecule has 0 unspecified atom stereocenters. The fourth-order valence-electron chi connectivity index (χ4n) is 3.04. The maximum atomic E-state index is 6.54. The van der Waals surface area contributed by atoms with E-state index in [0.29, 0.717) is 0 Å². The van der Waals surface area contributed by atoms with Crippen molar-refractivity contribution in [1.82, 2.24) is 0 Å². The van der Waals surface area contributed by atoms with E-state index in [-0.39, 0.29) is 0 Å². The largest absolute Gasteiger partial charge is 0.410 e. The summed E-state index contributed by atoms with van der Waals surface area (Å²) in [5.74, 6) is 0. The Morgan fingerprint density at radius 3 is 0.500 bits per heavy atom. The van der Waals surface area contributed by atoms with Crippen LogP contribution in [-0.2, 0) is 24.7 Å². The number of rotatable bonds is 6. The van der Waals surface area contributed by atoms with Crippen molar-refractivity contribution in [3.05, 3.63) is 73.7 Å². The maximum Gasteiger partial charge on any atom is 0.344 e. The standard InChI is InChI=1S/C18H36O6Si6/c1-13-25(7)19-26(8,14-2)21-28(10,16-4)23-30(12,18-6)24-29(11,17-5)22-27(9,15-3)20-25/h13-18H,1-6H2,7-12H3. The molecule has 1 aliphatic rings. The van der Waals surface area contributed by atoms with Gasteiger partial charge in [0.15, 0.2) is 0 Å². The molecule has 1 saturated heterocycles. The Balaban J connectivity index is 3.70. The first kappa shape index (κ1) is 27.5. The van der Waals surface area contributed by atoms with Gasteiger partial charge in [-0.1, -0.05) is 34.2 Å². The lowest BCUT2D eigenvalue weighted by Gasteiger charge is -2.46. The number of hydrogen-bond donors (Lipinski definition) is 0. The van der Waals surface area contributed by atoms with Gasteiger partial charge in [-0.15, -0.1) is 39.5 Å². The van der Waals surface area contributed by atoms with E-state index >= 15 is 0 Å². The monoisotopic (exact) mass is 516 g/mol. The van der Waals surface area contributed by atoms with Crippen molar-refractivity contribution in [3.63, 3.8) is 0 Å². The summed E-state index contributed by atoms with van der Waals surface area (Å²) in [4.78, 5) is 0. The van der Waals surface area contributed by atoms with Crippen LogP contribution in [0.2, 0.25) is 39.3 Å². The van der Waals surface area contributed by atoms with E-state index in [1.54, 1.807) is 34.2 Å². The summed E-state index contributed by atoms with van der Waals surface area (Å²) in [5.41, 5.74) is 10.3. The molecule has 168 valence electrons. The molecule has 1 heterocycles. The minimum Gasteiger partial charge on any atom is -0.410 e. The lowest BCUT2D eigenvalue weighted by molar-refractivity contribution is 0.252. The third-order valence-corrected chi connectivity index (χ3v) is 28.6. The second-order valence-electron chi connectivity index (χ2n) is 7.93. The van der Waals surface area contributed by atoms with Crippen LogP contribution in [0.4, 0.5) is 0 Å². The molecule has 0 bridgehead atoms. The molecule has 0 atom stereocenters. The second kappa shape index (κ2) is 9.55. The molecule has 6 nitrogen and oxygen atoms in total. The van der Waals surface area contributed by atoms with Crippen molar-refractivity contribution >= 4 is 51.4 Å². The lowest BCUT2D eigenvalue weighted by atomic mass is 11.3. The maximum absolute atomic E-state index is 6.54. The van der Waals surface area contributed by atoms with Crippen molar-refractivity contribution in [2.45, 2.75) is 39.3 Å². The van der Waals surface area contributed by atoms with Gasteiger partial charge in [0.05, 0.1) is 0 Å². The molecule has 1 fully saturated rings. The molecule has 0 aliphatic carbocycles. The van der Waals surface area contributed by atoms with E-state index in [9.17, 15) is 0 Å². The summed E-state index contributed by atoms with van der Waals surface area (Å²) in [5, 5.41) is 0. The Morgan fingerprint density at radius 2 is 0.433 bits per heavy atom. The van der Waals surface area contributed by atoms with Crippen LogP contribution in [0.15, 0.2) is 73.7 Å². The van der Waals surface area contributed by atoms with Crippen molar-refractivity contribution in [2.24, 2.45) is 0 Å². The van der Waals surface area contributed by atoms with E-state index in [0.717, 1.165) is 0 Å². The van der Waals surface area contributed by atoms with Crippen LogP contribution in [0.25, 0.3) is 0 Å². The van der Waals surface area contributed by atoms with Gasteiger partial charge in [0.1, 0.15) is 0 Å². The fraction of sp³-hybridized carbons (Fsp3) is 0.333. The van der Waals surface area contributed by atoms with E-state index in [2.05, 4.69) is 39.5 Å². The first-order chi connectivity index (χ1) is 13.6. The molecule has 0 spiro atoms. The van der Waals surface area contributed by atoms with Crippen LogP contribution in [0.3, 0.4) is 0 Å². The molecule has 0 radical (unpaired) electrons. The van der Waals surface area contributed by atoms with Crippen molar-refractivity contribution < 1.29 is 24.7 Å². The Kier molecular flexibility index (Phi) is 8.77. The summed E-state index contributed by atoms with van der Waals surface area (Å²) in [6.07, 6.45) is 0. The first-order valence-corrected chi connectivity index (χ1v) is 24.0. The molecule has 30 heavy (non-hydrogen) atoms. The molecule has 1 rings (SSSR count). The first-order valence-electron chi connectivity index (χ1n) is 9.63. The van der Waals surface area contributed by atoms with Crippen molar-refractivity contribution in [2.75, 3.05) is 0 Å². The highest BCUT2D eigenvalue weighted by atomic mass is 28.5. The van der Waals surface area contributed by atoms with Crippen molar-refractivity contribution in [3.8, 4) is 0 Å². The van der Waals surface area contributed by atoms with Gasteiger partial charge >= 0.3 is 51.4 Å². The zero-order chi connectivity index (χ0) is 23.5. The SMILES string of the molecule is C=C[Si]1(C)O[Si](C)(C=C)O[Si](C)(C=C)O[Si](C)(C=C)O[Si](C)(C=C)O[Si](C)(C=C)O1. The van der Waals surface area contributed by atoms with Crippen LogP contribution < -0.4 is 0 Å². The minimum absolute atomic E-state index is 1.72. The third-order valence-electron chi connectivity index (χ3n) is 4.66. The van der Waals surface area contributed by atoms with Gasteiger partial charge in [-0.3, -0.25) is 0 Å². The minimum atomic E-state index is -2.94. The quantitative estimate of drug-likeness (QED) is 0.469. The van der Waals surface area contributed by atoms with E-state index in [1.165, 1.54) is 0 Å². The summed E-state index contributed by atoms with van der Waals surface area (Å²) < 4.78 is 39.3. The molecule has 0 aromatic carbocycles.